The number of hydrogen-bond acceptors (Lipinski definition) is 5. The molecule has 24 heavy (non-hydrogen) atoms. The molecule has 0 aromatic heterocycles. The quantitative estimate of drug-likeness (QED) is 0.612. The van der Waals surface area contributed by atoms with Gasteiger partial charge >= 0.3 is 12.1 Å². The SMILES string of the molecule is CCOC(=O)/C=C/[C@@H]1COC(C)(C)N1C(=O)OCc1ccccc1. The van der Waals surface area contributed by atoms with Crippen LogP contribution in [0.3, 0.4) is 0 Å². The Hall–Kier alpha value is -2.34. The Kier molecular flexibility index (Phi) is 5.98. The maximum atomic E-state index is 12.5. The summed E-state index contributed by atoms with van der Waals surface area (Å²) < 4.78 is 15.9. The van der Waals surface area contributed by atoms with E-state index in [9.17, 15) is 9.59 Å². The Morgan fingerprint density at radius 1 is 1.29 bits per heavy atom. The Labute approximate surface area is 142 Å². The van der Waals surface area contributed by atoms with Crippen molar-refractivity contribution in [1.82, 2.24) is 4.90 Å². The van der Waals surface area contributed by atoms with Crippen molar-refractivity contribution in [3.8, 4) is 0 Å². The molecule has 2 rings (SSSR count). The molecule has 0 bridgehead atoms. The van der Waals surface area contributed by atoms with Gasteiger partial charge in [0.1, 0.15) is 12.3 Å². The van der Waals surface area contributed by atoms with Gasteiger partial charge in [0, 0.05) is 6.08 Å². The molecule has 6 heteroatoms. The first-order valence-corrected chi connectivity index (χ1v) is 7.93. The van der Waals surface area contributed by atoms with E-state index in [2.05, 4.69) is 0 Å². The molecule has 0 spiro atoms. The zero-order valence-corrected chi connectivity index (χ0v) is 14.2. The molecule has 1 amide bonds. The fourth-order valence-electron chi connectivity index (χ4n) is 2.50. The van der Waals surface area contributed by atoms with E-state index in [1.165, 1.54) is 11.0 Å². The lowest BCUT2D eigenvalue weighted by atomic mass is 10.2. The van der Waals surface area contributed by atoms with Crippen molar-refractivity contribution in [2.45, 2.75) is 39.1 Å². The van der Waals surface area contributed by atoms with E-state index in [-0.39, 0.29) is 12.6 Å². The molecule has 130 valence electrons. The Bertz CT molecular complexity index is 597. The Balaban J connectivity index is 2.02. The number of esters is 1. The lowest BCUT2D eigenvalue weighted by Gasteiger charge is -2.31. The molecular formula is C18H23NO5. The van der Waals surface area contributed by atoms with Crippen LogP contribution in [0.15, 0.2) is 42.5 Å². The van der Waals surface area contributed by atoms with Gasteiger partial charge in [0.15, 0.2) is 0 Å². The molecule has 1 heterocycles. The fourth-order valence-corrected chi connectivity index (χ4v) is 2.50. The Morgan fingerprint density at radius 2 is 2.00 bits per heavy atom. The van der Waals surface area contributed by atoms with Gasteiger partial charge in [-0.05, 0) is 26.3 Å². The zero-order chi connectivity index (χ0) is 17.6. The molecule has 1 aromatic carbocycles. The Morgan fingerprint density at radius 3 is 2.67 bits per heavy atom. The van der Waals surface area contributed by atoms with Gasteiger partial charge in [-0.25, -0.2) is 9.59 Å². The maximum absolute atomic E-state index is 12.5. The van der Waals surface area contributed by atoms with Gasteiger partial charge in [-0.15, -0.1) is 0 Å². The summed E-state index contributed by atoms with van der Waals surface area (Å²) in [6.45, 7) is 6.09. The number of amides is 1. The van der Waals surface area contributed by atoms with E-state index in [4.69, 9.17) is 14.2 Å². The van der Waals surface area contributed by atoms with Crippen molar-refractivity contribution in [1.29, 1.82) is 0 Å². The van der Waals surface area contributed by atoms with Gasteiger partial charge in [-0.1, -0.05) is 36.4 Å². The topological polar surface area (TPSA) is 65.1 Å². The van der Waals surface area contributed by atoms with Crippen LogP contribution in [0, 0.1) is 0 Å². The van der Waals surface area contributed by atoms with Crippen LogP contribution in [-0.4, -0.2) is 41.9 Å². The third-order valence-corrected chi connectivity index (χ3v) is 3.66. The number of ether oxygens (including phenoxy) is 3. The third kappa shape index (κ3) is 4.58. The second-order valence-corrected chi connectivity index (χ2v) is 5.85. The minimum atomic E-state index is -0.808. The maximum Gasteiger partial charge on any atom is 0.412 e. The largest absolute Gasteiger partial charge is 0.463 e. The van der Waals surface area contributed by atoms with Crippen molar-refractivity contribution >= 4 is 12.1 Å². The predicted molar refractivity (Wildman–Crippen MR) is 88.1 cm³/mol. The highest BCUT2D eigenvalue weighted by molar-refractivity contribution is 5.82. The molecule has 0 N–H and O–H groups in total. The monoisotopic (exact) mass is 333 g/mol. The lowest BCUT2D eigenvalue weighted by molar-refractivity contribution is -0.137. The molecule has 0 unspecified atom stereocenters. The van der Waals surface area contributed by atoms with Gasteiger partial charge in [0.25, 0.3) is 0 Å². The molecule has 1 atom stereocenters. The van der Waals surface area contributed by atoms with E-state index in [0.29, 0.717) is 13.2 Å². The zero-order valence-electron chi connectivity index (χ0n) is 14.2. The third-order valence-electron chi connectivity index (χ3n) is 3.66. The summed E-state index contributed by atoms with van der Waals surface area (Å²) in [5.41, 5.74) is 0.0969. The van der Waals surface area contributed by atoms with Crippen LogP contribution < -0.4 is 0 Å². The van der Waals surface area contributed by atoms with Crippen LogP contribution >= 0.6 is 0 Å². The first-order chi connectivity index (χ1) is 11.4. The van der Waals surface area contributed by atoms with Crippen LogP contribution in [0.2, 0.25) is 0 Å². The van der Waals surface area contributed by atoms with E-state index in [1.54, 1.807) is 26.8 Å². The highest BCUT2D eigenvalue weighted by atomic mass is 16.6. The van der Waals surface area contributed by atoms with Gasteiger partial charge < -0.3 is 14.2 Å². The second-order valence-electron chi connectivity index (χ2n) is 5.85. The van der Waals surface area contributed by atoms with Crippen LogP contribution in [0.1, 0.15) is 26.3 Å². The lowest BCUT2D eigenvalue weighted by Crippen LogP contribution is -2.47. The summed E-state index contributed by atoms with van der Waals surface area (Å²) in [6, 6.07) is 9.06. The highest BCUT2D eigenvalue weighted by Gasteiger charge is 2.43. The minimum Gasteiger partial charge on any atom is -0.463 e. The van der Waals surface area contributed by atoms with Crippen molar-refractivity contribution in [3.05, 3.63) is 48.0 Å². The van der Waals surface area contributed by atoms with Gasteiger partial charge in [-0.3, -0.25) is 4.90 Å². The van der Waals surface area contributed by atoms with Crippen LogP contribution in [0.25, 0.3) is 0 Å². The van der Waals surface area contributed by atoms with E-state index < -0.39 is 17.8 Å². The molecule has 0 radical (unpaired) electrons. The average Bonchev–Trinajstić information content (AvgIpc) is 2.86. The van der Waals surface area contributed by atoms with Crippen LogP contribution in [0.5, 0.6) is 0 Å². The molecule has 1 saturated heterocycles. The summed E-state index contributed by atoms with van der Waals surface area (Å²) in [5.74, 6) is -0.445. The van der Waals surface area contributed by atoms with Gasteiger partial charge in [0.05, 0.1) is 19.3 Å². The predicted octanol–water partition coefficient (Wildman–Crippen LogP) is 2.88. The highest BCUT2D eigenvalue weighted by Crippen LogP contribution is 2.29. The second kappa shape index (κ2) is 7.97. The van der Waals surface area contributed by atoms with Gasteiger partial charge in [0.2, 0.25) is 0 Å². The van der Waals surface area contributed by atoms with Crippen molar-refractivity contribution in [3.63, 3.8) is 0 Å². The minimum absolute atomic E-state index is 0.181. The molecule has 0 saturated carbocycles. The number of carbonyl (C=O) groups is 2. The standard InChI is InChI=1S/C18H23NO5/c1-4-22-16(20)11-10-15-13-24-18(2,3)19(15)17(21)23-12-14-8-6-5-7-9-14/h5-11,15H,4,12-13H2,1-3H3/b11-10+/t15-/m1/s1. The van der Waals surface area contributed by atoms with Crippen LogP contribution in [-0.2, 0) is 25.6 Å². The summed E-state index contributed by atoms with van der Waals surface area (Å²) in [6.07, 6.45) is 2.44. The van der Waals surface area contributed by atoms with E-state index >= 15 is 0 Å². The smallest absolute Gasteiger partial charge is 0.412 e. The first-order valence-electron chi connectivity index (χ1n) is 7.93. The number of benzene rings is 1. The average molecular weight is 333 g/mol. The summed E-state index contributed by atoms with van der Waals surface area (Å²) in [5, 5.41) is 0. The number of hydrogen-bond donors (Lipinski definition) is 0. The normalized spacial score (nSPS) is 19.5. The number of nitrogens with zero attached hydrogens (tertiary/aromatic N) is 1. The van der Waals surface area contributed by atoms with Crippen molar-refractivity contribution in [2.75, 3.05) is 13.2 Å². The van der Waals surface area contributed by atoms with Crippen LogP contribution in [0.4, 0.5) is 4.79 Å². The van der Waals surface area contributed by atoms with Crippen molar-refractivity contribution in [2.24, 2.45) is 0 Å². The molecule has 0 aliphatic carbocycles. The number of rotatable bonds is 5. The summed E-state index contributed by atoms with van der Waals surface area (Å²) in [4.78, 5) is 25.4. The molecule has 6 nitrogen and oxygen atoms in total. The molecular weight excluding hydrogens is 310 g/mol. The molecule has 1 fully saturated rings. The molecule has 1 aromatic rings. The van der Waals surface area contributed by atoms with Crippen molar-refractivity contribution < 1.29 is 23.8 Å². The van der Waals surface area contributed by atoms with Gasteiger partial charge in [-0.2, -0.15) is 0 Å². The van der Waals surface area contributed by atoms with E-state index in [0.717, 1.165) is 5.56 Å². The summed E-state index contributed by atoms with van der Waals surface area (Å²) >= 11 is 0. The number of carbonyl (C=O) groups excluding carboxylic acids is 2. The fraction of sp³-hybridized carbons (Fsp3) is 0.444. The molecule has 1 aliphatic rings. The van der Waals surface area contributed by atoms with E-state index in [1.807, 2.05) is 30.3 Å². The first kappa shape index (κ1) is 18.0. The molecule has 1 aliphatic heterocycles. The summed E-state index contributed by atoms with van der Waals surface area (Å²) in [7, 11) is 0.